The summed E-state index contributed by atoms with van der Waals surface area (Å²) in [7, 11) is 1.54. The van der Waals surface area contributed by atoms with Gasteiger partial charge in [-0.05, 0) is 36.0 Å². The van der Waals surface area contributed by atoms with Crippen LogP contribution in [-0.4, -0.2) is 25.9 Å². The molecule has 1 amide bonds. The maximum Gasteiger partial charge on any atom is 0.408 e. The number of hydrogen-bond donors (Lipinski definition) is 2. The van der Waals surface area contributed by atoms with Gasteiger partial charge in [-0.15, -0.1) is 6.42 Å². The Morgan fingerprint density at radius 2 is 2.25 bits per heavy atom. The summed E-state index contributed by atoms with van der Waals surface area (Å²) in [6, 6.07) is 6.48. The van der Waals surface area contributed by atoms with Gasteiger partial charge in [-0.1, -0.05) is 24.1 Å². The van der Waals surface area contributed by atoms with E-state index in [2.05, 4.69) is 34.8 Å². The maximum absolute atomic E-state index is 11.3. The topological polar surface area (TPSA) is 50.4 Å². The summed E-state index contributed by atoms with van der Waals surface area (Å²) in [5.41, 5.74) is 4.01. The van der Waals surface area contributed by atoms with E-state index in [1.807, 2.05) is 0 Å². The molecular weight excluding hydrogens is 252 g/mol. The zero-order valence-corrected chi connectivity index (χ0v) is 11.7. The first-order valence-electron chi connectivity index (χ1n) is 6.89. The summed E-state index contributed by atoms with van der Waals surface area (Å²) in [6.45, 7) is 0.368. The molecule has 0 saturated heterocycles. The fourth-order valence-electron chi connectivity index (χ4n) is 2.48. The van der Waals surface area contributed by atoms with Crippen molar-refractivity contribution in [3.8, 4) is 12.3 Å². The fraction of sp³-hybridized carbons (Fsp3) is 0.438. The van der Waals surface area contributed by atoms with E-state index >= 15 is 0 Å². The summed E-state index contributed by atoms with van der Waals surface area (Å²) < 4.78 is 5.27. The summed E-state index contributed by atoms with van der Waals surface area (Å²) in [6.07, 6.45) is 8.52. The van der Waals surface area contributed by atoms with Crippen LogP contribution in [0.4, 0.5) is 4.79 Å². The molecule has 1 aromatic carbocycles. The lowest BCUT2D eigenvalue weighted by Gasteiger charge is -2.18. The van der Waals surface area contributed by atoms with Gasteiger partial charge in [0.15, 0.2) is 6.23 Å². The summed E-state index contributed by atoms with van der Waals surface area (Å²) in [5, 5.41) is 5.48. The number of carbonyl (C=O) groups is 1. The van der Waals surface area contributed by atoms with Crippen LogP contribution in [0.3, 0.4) is 0 Å². The normalized spacial score (nSPS) is 14.2. The second-order valence-electron chi connectivity index (χ2n) is 4.89. The molecule has 1 aliphatic carbocycles. The minimum absolute atomic E-state index is 0.368. The van der Waals surface area contributed by atoms with E-state index in [0.29, 0.717) is 13.0 Å². The molecule has 2 rings (SSSR count). The molecule has 0 aromatic heterocycles. The number of alkyl carbamates (subject to hydrolysis) is 1. The summed E-state index contributed by atoms with van der Waals surface area (Å²) in [5.74, 6) is 2.49. The van der Waals surface area contributed by atoms with Gasteiger partial charge in [0, 0.05) is 13.5 Å². The predicted molar refractivity (Wildman–Crippen MR) is 78.3 cm³/mol. The lowest BCUT2D eigenvalue weighted by Crippen LogP contribution is -2.38. The highest BCUT2D eigenvalue weighted by atomic mass is 16.6. The van der Waals surface area contributed by atoms with Gasteiger partial charge in [0.1, 0.15) is 0 Å². The van der Waals surface area contributed by atoms with Crippen LogP contribution in [0.1, 0.15) is 23.1 Å². The molecule has 4 heteroatoms. The minimum atomic E-state index is -0.458. The molecule has 4 nitrogen and oxygen atoms in total. The number of nitrogens with one attached hydrogen (secondary N) is 2. The molecule has 1 aliphatic rings. The molecule has 2 N–H and O–H groups in total. The van der Waals surface area contributed by atoms with Crippen LogP contribution in [0.25, 0.3) is 0 Å². The Morgan fingerprint density at radius 1 is 1.45 bits per heavy atom. The highest BCUT2D eigenvalue weighted by molar-refractivity contribution is 5.66. The number of ether oxygens (including phenoxy) is 1. The third-order valence-corrected chi connectivity index (χ3v) is 3.47. The van der Waals surface area contributed by atoms with Crippen LogP contribution in [0.5, 0.6) is 0 Å². The zero-order valence-electron chi connectivity index (χ0n) is 11.7. The third-order valence-electron chi connectivity index (χ3n) is 3.47. The van der Waals surface area contributed by atoms with Crippen molar-refractivity contribution in [2.75, 3.05) is 13.6 Å². The number of fused-ring (bicyclic) bond motifs is 1. The van der Waals surface area contributed by atoms with E-state index in [1.165, 1.54) is 31.0 Å². The number of terminal acetylenes is 1. The Bertz CT molecular complexity index is 520. The average Bonchev–Trinajstić information content (AvgIpc) is 2.92. The lowest BCUT2D eigenvalue weighted by molar-refractivity contribution is 0.0823. The van der Waals surface area contributed by atoms with E-state index in [-0.39, 0.29) is 0 Å². The van der Waals surface area contributed by atoms with Crippen molar-refractivity contribution < 1.29 is 9.53 Å². The van der Waals surface area contributed by atoms with Crippen LogP contribution >= 0.6 is 0 Å². The van der Waals surface area contributed by atoms with Gasteiger partial charge in [0.2, 0.25) is 0 Å². The van der Waals surface area contributed by atoms with E-state index in [4.69, 9.17) is 11.2 Å². The van der Waals surface area contributed by atoms with Gasteiger partial charge in [0.25, 0.3) is 0 Å². The Hall–Kier alpha value is -1.99. The first-order valence-corrected chi connectivity index (χ1v) is 6.89. The summed E-state index contributed by atoms with van der Waals surface area (Å²) in [4.78, 5) is 11.3. The first-order chi connectivity index (χ1) is 9.72. The number of amides is 1. The van der Waals surface area contributed by atoms with Crippen molar-refractivity contribution in [3.63, 3.8) is 0 Å². The Balaban J connectivity index is 2.02. The highest BCUT2D eigenvalue weighted by Crippen LogP contribution is 2.23. The third kappa shape index (κ3) is 3.75. The number of carbonyl (C=O) groups excluding carboxylic acids is 1. The van der Waals surface area contributed by atoms with E-state index in [1.54, 1.807) is 0 Å². The van der Waals surface area contributed by atoms with Gasteiger partial charge < -0.3 is 10.1 Å². The molecule has 0 heterocycles. The number of hydrogen-bond acceptors (Lipinski definition) is 3. The van der Waals surface area contributed by atoms with Gasteiger partial charge >= 0.3 is 6.09 Å². The molecule has 1 unspecified atom stereocenters. The van der Waals surface area contributed by atoms with Gasteiger partial charge in [-0.25, -0.2) is 4.79 Å². The highest BCUT2D eigenvalue weighted by Gasteiger charge is 2.16. The molecule has 0 spiro atoms. The molecule has 20 heavy (non-hydrogen) atoms. The molecule has 106 valence electrons. The van der Waals surface area contributed by atoms with E-state index in [9.17, 15) is 4.79 Å². The zero-order chi connectivity index (χ0) is 14.4. The predicted octanol–water partition coefficient (Wildman–Crippen LogP) is 1.62. The number of rotatable bonds is 5. The van der Waals surface area contributed by atoms with E-state index in [0.717, 1.165) is 12.0 Å². The van der Waals surface area contributed by atoms with Crippen molar-refractivity contribution in [2.45, 2.75) is 31.9 Å². The van der Waals surface area contributed by atoms with Crippen molar-refractivity contribution in [3.05, 3.63) is 34.9 Å². The molecule has 0 bridgehead atoms. The molecule has 0 saturated carbocycles. The Morgan fingerprint density at radius 3 is 3.00 bits per heavy atom. The largest absolute Gasteiger partial charge is 0.430 e. The lowest BCUT2D eigenvalue weighted by atomic mass is 10.0. The minimum Gasteiger partial charge on any atom is -0.430 e. The van der Waals surface area contributed by atoms with E-state index < -0.39 is 12.3 Å². The van der Waals surface area contributed by atoms with Crippen LogP contribution < -0.4 is 10.6 Å². The Labute approximate surface area is 119 Å². The van der Waals surface area contributed by atoms with Crippen molar-refractivity contribution in [1.82, 2.24) is 10.6 Å². The molecule has 0 fully saturated rings. The second-order valence-corrected chi connectivity index (χ2v) is 4.89. The van der Waals surface area contributed by atoms with Crippen LogP contribution in [0, 0.1) is 12.3 Å². The number of benzene rings is 1. The second kappa shape index (κ2) is 6.97. The maximum atomic E-state index is 11.3. The average molecular weight is 272 g/mol. The van der Waals surface area contributed by atoms with Crippen molar-refractivity contribution >= 4 is 6.09 Å². The van der Waals surface area contributed by atoms with Crippen molar-refractivity contribution in [2.24, 2.45) is 0 Å². The smallest absolute Gasteiger partial charge is 0.408 e. The Kier molecular flexibility index (Phi) is 5.03. The standard InChI is InChI=1S/C16H20N2O2/c1-3-9-18-15(20-16(19)17-2)11-12-7-8-13-5-4-6-14(13)10-12/h1,7-8,10,15,18H,4-6,9,11H2,2H3,(H,17,19). The fourth-order valence-corrected chi connectivity index (χ4v) is 2.48. The molecule has 0 aliphatic heterocycles. The van der Waals surface area contributed by atoms with Crippen molar-refractivity contribution in [1.29, 1.82) is 0 Å². The van der Waals surface area contributed by atoms with Crippen LogP contribution in [-0.2, 0) is 24.0 Å². The first kappa shape index (κ1) is 14.4. The number of aryl methyl sites for hydroxylation is 2. The molecule has 1 aromatic rings. The molecule has 0 radical (unpaired) electrons. The molecule has 1 atom stereocenters. The SMILES string of the molecule is C#CCNC(Cc1ccc2c(c1)CCC2)OC(=O)NC. The van der Waals surface area contributed by atoms with Crippen LogP contribution in [0.2, 0.25) is 0 Å². The quantitative estimate of drug-likeness (QED) is 0.632. The van der Waals surface area contributed by atoms with Gasteiger partial charge in [0.05, 0.1) is 6.54 Å². The molecular formula is C16H20N2O2. The van der Waals surface area contributed by atoms with Gasteiger partial charge in [-0.3, -0.25) is 5.32 Å². The van der Waals surface area contributed by atoms with Gasteiger partial charge in [-0.2, -0.15) is 0 Å². The monoisotopic (exact) mass is 272 g/mol. The summed E-state index contributed by atoms with van der Waals surface area (Å²) >= 11 is 0. The van der Waals surface area contributed by atoms with Crippen LogP contribution in [0.15, 0.2) is 18.2 Å².